The Balaban J connectivity index is 1.22. The predicted octanol–water partition coefficient (Wildman–Crippen LogP) is 4.64. The third-order valence-electron chi connectivity index (χ3n) is 8.61. The summed E-state index contributed by atoms with van der Waals surface area (Å²) in [6.07, 6.45) is 14.7. The van der Waals surface area contributed by atoms with Gasteiger partial charge in [0.1, 0.15) is 0 Å². The minimum absolute atomic E-state index is 0.595. The molecule has 6 fully saturated rings. The lowest BCUT2D eigenvalue weighted by molar-refractivity contribution is -0.117. The van der Waals surface area contributed by atoms with E-state index in [0.29, 0.717) is 11.6 Å². The number of rotatable bonds is 3. The normalized spacial score (nSPS) is 46.6. The monoisotopic (exact) mass is 351 g/mol. The van der Waals surface area contributed by atoms with E-state index in [2.05, 4.69) is 22.3 Å². The molecular weight excluding hydrogens is 318 g/mol. The maximum Gasteiger partial charge on any atom is 0.0576 e. The first-order chi connectivity index (χ1) is 12.7. The SMILES string of the molecule is Nc1ccccc1N[C@H]1C[C@H]2CC[C@@H](C1)N2C12CC3CC(CC(C3)C1)C2. The number of nitrogen functional groups attached to an aromatic ring is 1. The lowest BCUT2D eigenvalue weighted by Gasteiger charge is -2.63. The molecule has 4 aliphatic carbocycles. The fourth-order valence-electron chi connectivity index (χ4n) is 8.30. The van der Waals surface area contributed by atoms with Crippen molar-refractivity contribution in [3.8, 4) is 0 Å². The van der Waals surface area contributed by atoms with Gasteiger partial charge < -0.3 is 11.1 Å². The summed E-state index contributed by atoms with van der Waals surface area (Å²) in [4.78, 5) is 3.10. The van der Waals surface area contributed by atoms with Gasteiger partial charge in [-0.3, -0.25) is 4.90 Å². The summed E-state index contributed by atoms with van der Waals surface area (Å²) in [7, 11) is 0. The van der Waals surface area contributed by atoms with Gasteiger partial charge in [-0.15, -0.1) is 0 Å². The van der Waals surface area contributed by atoms with E-state index in [1.807, 2.05) is 12.1 Å². The van der Waals surface area contributed by atoms with Crippen molar-refractivity contribution in [2.45, 2.75) is 87.9 Å². The zero-order valence-corrected chi connectivity index (χ0v) is 15.9. The van der Waals surface area contributed by atoms with Crippen molar-refractivity contribution in [2.24, 2.45) is 17.8 Å². The highest BCUT2D eigenvalue weighted by Gasteiger charge is 2.58. The van der Waals surface area contributed by atoms with Gasteiger partial charge in [0, 0.05) is 23.7 Å². The summed E-state index contributed by atoms with van der Waals surface area (Å²) >= 11 is 0. The average molecular weight is 352 g/mol. The largest absolute Gasteiger partial charge is 0.397 e. The molecule has 3 heteroatoms. The molecule has 3 atom stereocenters. The van der Waals surface area contributed by atoms with Crippen molar-refractivity contribution in [1.29, 1.82) is 0 Å². The lowest BCUT2D eigenvalue weighted by Crippen LogP contribution is -2.65. The van der Waals surface area contributed by atoms with Gasteiger partial charge in [-0.25, -0.2) is 0 Å². The second kappa shape index (κ2) is 5.64. The molecule has 4 saturated carbocycles. The third kappa shape index (κ3) is 2.35. The lowest BCUT2D eigenvalue weighted by atomic mass is 9.52. The summed E-state index contributed by atoms with van der Waals surface area (Å²) in [6.45, 7) is 0. The maximum atomic E-state index is 6.18. The number of piperidine rings is 1. The van der Waals surface area contributed by atoms with Gasteiger partial charge in [0.05, 0.1) is 11.4 Å². The maximum absolute atomic E-state index is 6.18. The number of fused-ring (bicyclic) bond motifs is 2. The molecular formula is C23H33N3. The van der Waals surface area contributed by atoms with E-state index >= 15 is 0 Å². The van der Waals surface area contributed by atoms with Crippen LogP contribution in [0.15, 0.2) is 24.3 Å². The first-order valence-electron chi connectivity index (χ1n) is 11.1. The smallest absolute Gasteiger partial charge is 0.0576 e. The summed E-state index contributed by atoms with van der Waals surface area (Å²) in [6, 6.07) is 10.5. The molecule has 3 N–H and O–H groups in total. The van der Waals surface area contributed by atoms with Crippen LogP contribution in [0.3, 0.4) is 0 Å². The standard InChI is InChI=1S/C23H33N3/c24-21-3-1-2-4-22(21)25-18-10-19-5-6-20(11-18)26(19)23-12-15-7-16(13-23)9-17(8-15)14-23/h1-4,15-20,25H,5-14,24H2/t15?,16?,17?,18-,19+,20-,23?. The van der Waals surface area contributed by atoms with Crippen molar-refractivity contribution >= 4 is 11.4 Å². The number of benzene rings is 1. The molecule has 7 rings (SSSR count). The van der Waals surface area contributed by atoms with Gasteiger partial charge >= 0.3 is 0 Å². The Kier molecular flexibility index (Phi) is 3.43. The highest BCUT2D eigenvalue weighted by Crippen LogP contribution is 2.60. The molecule has 26 heavy (non-hydrogen) atoms. The Morgan fingerprint density at radius 2 is 1.42 bits per heavy atom. The van der Waals surface area contributed by atoms with Crippen molar-refractivity contribution < 1.29 is 0 Å². The van der Waals surface area contributed by atoms with Crippen LogP contribution in [0.4, 0.5) is 11.4 Å². The second-order valence-electron chi connectivity index (χ2n) is 10.3. The van der Waals surface area contributed by atoms with E-state index in [0.717, 1.165) is 41.2 Å². The zero-order valence-electron chi connectivity index (χ0n) is 15.9. The highest BCUT2D eigenvalue weighted by molar-refractivity contribution is 5.66. The Morgan fingerprint density at radius 1 is 0.846 bits per heavy atom. The van der Waals surface area contributed by atoms with Crippen LogP contribution >= 0.6 is 0 Å². The van der Waals surface area contributed by atoms with Crippen molar-refractivity contribution in [3.63, 3.8) is 0 Å². The van der Waals surface area contributed by atoms with Gasteiger partial charge in [0.2, 0.25) is 0 Å². The van der Waals surface area contributed by atoms with E-state index < -0.39 is 0 Å². The third-order valence-corrected chi connectivity index (χ3v) is 8.61. The summed E-state index contributed by atoms with van der Waals surface area (Å²) in [5.41, 5.74) is 8.81. The molecule has 0 unspecified atom stereocenters. The number of nitrogens with one attached hydrogen (secondary N) is 1. The van der Waals surface area contributed by atoms with E-state index in [1.54, 1.807) is 19.3 Å². The van der Waals surface area contributed by atoms with Gasteiger partial charge in [-0.05, 0) is 94.1 Å². The molecule has 6 bridgehead atoms. The topological polar surface area (TPSA) is 41.3 Å². The van der Waals surface area contributed by atoms with Gasteiger partial charge in [-0.2, -0.15) is 0 Å². The molecule has 2 heterocycles. The number of nitrogens with zero attached hydrogens (tertiary/aromatic N) is 1. The van der Waals surface area contributed by atoms with E-state index in [9.17, 15) is 0 Å². The summed E-state index contributed by atoms with van der Waals surface area (Å²) in [5.74, 6) is 3.17. The van der Waals surface area contributed by atoms with Crippen LogP contribution in [0.2, 0.25) is 0 Å². The number of nitrogens with two attached hydrogens (primary N) is 1. The molecule has 0 radical (unpaired) electrons. The highest BCUT2D eigenvalue weighted by atomic mass is 15.3. The van der Waals surface area contributed by atoms with Crippen LogP contribution in [0.5, 0.6) is 0 Å². The first-order valence-corrected chi connectivity index (χ1v) is 11.1. The molecule has 140 valence electrons. The van der Waals surface area contributed by atoms with Gasteiger partial charge in [-0.1, -0.05) is 12.1 Å². The summed E-state index contributed by atoms with van der Waals surface area (Å²) < 4.78 is 0. The number of hydrogen-bond acceptors (Lipinski definition) is 3. The molecule has 0 aromatic heterocycles. The average Bonchev–Trinajstić information content (AvgIpc) is 2.88. The first kappa shape index (κ1) is 15.8. The molecule has 0 spiro atoms. The summed E-state index contributed by atoms with van der Waals surface area (Å²) in [5, 5.41) is 3.79. The number of hydrogen-bond donors (Lipinski definition) is 2. The van der Waals surface area contributed by atoms with Crippen LogP contribution in [-0.4, -0.2) is 28.6 Å². The van der Waals surface area contributed by atoms with Crippen LogP contribution in [0.25, 0.3) is 0 Å². The molecule has 1 aromatic carbocycles. The van der Waals surface area contributed by atoms with E-state index in [1.165, 1.54) is 44.9 Å². The van der Waals surface area contributed by atoms with Crippen LogP contribution < -0.4 is 11.1 Å². The van der Waals surface area contributed by atoms with Crippen LogP contribution in [-0.2, 0) is 0 Å². The Morgan fingerprint density at radius 3 is 2.00 bits per heavy atom. The van der Waals surface area contributed by atoms with Crippen molar-refractivity contribution in [1.82, 2.24) is 4.90 Å². The predicted molar refractivity (Wildman–Crippen MR) is 107 cm³/mol. The molecule has 6 aliphatic rings. The quantitative estimate of drug-likeness (QED) is 0.779. The number of anilines is 2. The van der Waals surface area contributed by atoms with Crippen LogP contribution in [0, 0.1) is 17.8 Å². The Hall–Kier alpha value is -1.22. The van der Waals surface area contributed by atoms with Gasteiger partial charge in [0.25, 0.3) is 0 Å². The van der Waals surface area contributed by atoms with Crippen molar-refractivity contribution in [3.05, 3.63) is 24.3 Å². The van der Waals surface area contributed by atoms with Crippen molar-refractivity contribution in [2.75, 3.05) is 11.1 Å². The molecule has 0 amide bonds. The second-order valence-corrected chi connectivity index (χ2v) is 10.3. The van der Waals surface area contributed by atoms with E-state index in [4.69, 9.17) is 5.73 Å². The minimum atomic E-state index is 0.595. The molecule has 2 aliphatic heterocycles. The Labute approximate surface area is 157 Å². The fraction of sp³-hybridized carbons (Fsp3) is 0.739. The van der Waals surface area contributed by atoms with E-state index in [-0.39, 0.29) is 0 Å². The molecule has 2 saturated heterocycles. The molecule has 3 nitrogen and oxygen atoms in total. The Bertz CT molecular complexity index is 649. The molecule has 1 aromatic rings. The zero-order chi connectivity index (χ0) is 17.3. The number of para-hydroxylation sites is 2. The van der Waals surface area contributed by atoms with Crippen LogP contribution in [0.1, 0.15) is 64.2 Å². The van der Waals surface area contributed by atoms with Gasteiger partial charge in [0.15, 0.2) is 0 Å². The fourth-order valence-corrected chi connectivity index (χ4v) is 8.30. The minimum Gasteiger partial charge on any atom is -0.397 e.